The minimum absolute atomic E-state index is 0. The summed E-state index contributed by atoms with van der Waals surface area (Å²) in [4.78, 5) is 29.8. The second-order valence-corrected chi connectivity index (χ2v) is 6.21. The molecule has 1 fully saturated rings. The number of anilines is 1. The number of primary amides is 1. The van der Waals surface area contributed by atoms with Gasteiger partial charge in [0.15, 0.2) is 5.96 Å². The van der Waals surface area contributed by atoms with Crippen LogP contribution in [0.1, 0.15) is 26.2 Å². The van der Waals surface area contributed by atoms with Crippen LogP contribution in [0.5, 0.6) is 0 Å². The lowest BCUT2D eigenvalue weighted by atomic mass is 9.95. The minimum Gasteiger partial charge on any atom is -0.370 e. The molecule has 0 spiro atoms. The van der Waals surface area contributed by atoms with Crippen molar-refractivity contribution in [2.45, 2.75) is 26.2 Å². The summed E-state index contributed by atoms with van der Waals surface area (Å²) in [6.07, 6.45) is 2.37. The van der Waals surface area contributed by atoms with E-state index < -0.39 is 0 Å². The lowest BCUT2D eigenvalue weighted by Gasteiger charge is -2.34. The first-order valence-electron chi connectivity index (χ1n) is 8.75. The predicted molar refractivity (Wildman–Crippen MR) is 115 cm³/mol. The molecule has 1 saturated heterocycles. The molecule has 0 aliphatic carbocycles. The SMILES string of the molecule is CCNC(=NCC(=O)Nc1ccccc1)N1CCCC(CC(N)=O)C1.I. The summed E-state index contributed by atoms with van der Waals surface area (Å²) in [5, 5.41) is 6.05. The quantitative estimate of drug-likeness (QED) is 0.333. The molecule has 0 radical (unpaired) electrons. The fourth-order valence-corrected chi connectivity index (χ4v) is 3.00. The third kappa shape index (κ3) is 7.59. The Balaban J connectivity index is 0.00000338. The molecule has 2 amide bonds. The van der Waals surface area contributed by atoms with Crippen molar-refractivity contribution in [2.75, 3.05) is 31.5 Å². The number of nitrogens with zero attached hydrogens (tertiary/aromatic N) is 2. The van der Waals surface area contributed by atoms with Gasteiger partial charge in [-0.1, -0.05) is 18.2 Å². The van der Waals surface area contributed by atoms with Gasteiger partial charge < -0.3 is 21.3 Å². The highest BCUT2D eigenvalue weighted by Crippen LogP contribution is 2.19. The summed E-state index contributed by atoms with van der Waals surface area (Å²) in [7, 11) is 0. The van der Waals surface area contributed by atoms with E-state index in [4.69, 9.17) is 5.73 Å². The molecule has 1 aliphatic rings. The molecular formula is C18H28IN5O2. The van der Waals surface area contributed by atoms with Crippen molar-refractivity contribution in [3.05, 3.63) is 30.3 Å². The van der Waals surface area contributed by atoms with Gasteiger partial charge in [-0.15, -0.1) is 24.0 Å². The normalized spacial score (nSPS) is 17.2. The van der Waals surface area contributed by atoms with Gasteiger partial charge in [0.2, 0.25) is 11.8 Å². The van der Waals surface area contributed by atoms with Crippen LogP contribution in [0.4, 0.5) is 5.69 Å². The van der Waals surface area contributed by atoms with Gasteiger partial charge in [-0.25, -0.2) is 4.99 Å². The monoisotopic (exact) mass is 473 g/mol. The molecule has 0 saturated carbocycles. The summed E-state index contributed by atoms with van der Waals surface area (Å²) in [5.41, 5.74) is 6.08. The van der Waals surface area contributed by atoms with Crippen molar-refractivity contribution in [1.29, 1.82) is 0 Å². The Labute approximate surface area is 171 Å². The summed E-state index contributed by atoms with van der Waals surface area (Å²) < 4.78 is 0. The number of halogens is 1. The topological polar surface area (TPSA) is 99.8 Å². The molecule has 0 bridgehead atoms. The van der Waals surface area contributed by atoms with E-state index in [1.54, 1.807) is 0 Å². The van der Waals surface area contributed by atoms with Crippen molar-refractivity contribution in [2.24, 2.45) is 16.6 Å². The summed E-state index contributed by atoms with van der Waals surface area (Å²) >= 11 is 0. The van der Waals surface area contributed by atoms with Crippen LogP contribution in [-0.2, 0) is 9.59 Å². The third-order valence-electron chi connectivity index (χ3n) is 4.07. The Morgan fingerprint density at radius 1 is 1.31 bits per heavy atom. The van der Waals surface area contributed by atoms with Gasteiger partial charge >= 0.3 is 0 Å². The van der Waals surface area contributed by atoms with Crippen LogP contribution in [0.15, 0.2) is 35.3 Å². The third-order valence-corrected chi connectivity index (χ3v) is 4.07. The van der Waals surface area contributed by atoms with Crippen molar-refractivity contribution < 1.29 is 9.59 Å². The molecule has 1 aromatic rings. The zero-order valence-electron chi connectivity index (χ0n) is 15.1. The molecule has 0 aromatic heterocycles. The number of carbonyl (C=O) groups is 2. The van der Waals surface area contributed by atoms with E-state index in [1.807, 2.05) is 37.3 Å². The maximum absolute atomic E-state index is 12.1. The van der Waals surface area contributed by atoms with E-state index in [-0.39, 0.29) is 48.3 Å². The Kier molecular flexibility index (Phi) is 10.0. The van der Waals surface area contributed by atoms with E-state index >= 15 is 0 Å². The number of guanidine groups is 1. The first kappa shape index (κ1) is 22.2. The zero-order chi connectivity index (χ0) is 18.1. The maximum Gasteiger partial charge on any atom is 0.246 e. The number of amides is 2. The number of nitrogens with one attached hydrogen (secondary N) is 2. The molecule has 1 aromatic carbocycles. The molecule has 144 valence electrons. The minimum atomic E-state index is -0.268. The molecule has 2 rings (SSSR count). The Morgan fingerprint density at radius 2 is 2.04 bits per heavy atom. The number of piperidine rings is 1. The zero-order valence-corrected chi connectivity index (χ0v) is 17.4. The lowest BCUT2D eigenvalue weighted by molar-refractivity contribution is -0.119. The molecule has 7 nitrogen and oxygen atoms in total. The highest BCUT2D eigenvalue weighted by Gasteiger charge is 2.23. The van der Waals surface area contributed by atoms with Crippen molar-refractivity contribution >= 4 is 47.4 Å². The Bertz CT molecular complexity index is 609. The number of aliphatic imine (C=N–C) groups is 1. The van der Waals surface area contributed by atoms with E-state index in [2.05, 4.69) is 20.5 Å². The number of hydrogen-bond acceptors (Lipinski definition) is 3. The highest BCUT2D eigenvalue weighted by atomic mass is 127. The van der Waals surface area contributed by atoms with Crippen molar-refractivity contribution in [3.63, 3.8) is 0 Å². The van der Waals surface area contributed by atoms with Gasteiger partial charge in [-0.2, -0.15) is 0 Å². The van der Waals surface area contributed by atoms with Crippen LogP contribution in [0.3, 0.4) is 0 Å². The van der Waals surface area contributed by atoms with Crippen LogP contribution >= 0.6 is 24.0 Å². The number of rotatable bonds is 6. The van der Waals surface area contributed by atoms with E-state index in [0.29, 0.717) is 12.4 Å². The second kappa shape index (κ2) is 11.7. The lowest BCUT2D eigenvalue weighted by Crippen LogP contribution is -2.47. The molecule has 8 heteroatoms. The number of likely N-dealkylation sites (tertiary alicyclic amines) is 1. The maximum atomic E-state index is 12.1. The summed E-state index contributed by atoms with van der Waals surface area (Å²) in [6.45, 7) is 4.35. The van der Waals surface area contributed by atoms with Gasteiger partial charge in [-0.3, -0.25) is 9.59 Å². The highest BCUT2D eigenvalue weighted by molar-refractivity contribution is 14.0. The number of para-hydroxylation sites is 1. The molecular weight excluding hydrogens is 445 g/mol. The molecule has 1 heterocycles. The first-order valence-corrected chi connectivity index (χ1v) is 8.75. The van der Waals surface area contributed by atoms with Crippen molar-refractivity contribution in [3.8, 4) is 0 Å². The summed E-state index contributed by atoms with van der Waals surface area (Å²) in [5.74, 6) is 0.525. The summed E-state index contributed by atoms with van der Waals surface area (Å²) in [6, 6.07) is 9.32. The Hall–Kier alpha value is -1.84. The fourth-order valence-electron chi connectivity index (χ4n) is 3.00. The van der Waals surface area contributed by atoms with Crippen LogP contribution < -0.4 is 16.4 Å². The average Bonchev–Trinajstić information content (AvgIpc) is 2.59. The number of carbonyl (C=O) groups excluding carboxylic acids is 2. The molecule has 26 heavy (non-hydrogen) atoms. The van der Waals surface area contributed by atoms with Gasteiger partial charge in [0.1, 0.15) is 6.54 Å². The number of hydrogen-bond donors (Lipinski definition) is 3. The largest absolute Gasteiger partial charge is 0.370 e. The molecule has 1 unspecified atom stereocenters. The van der Waals surface area contributed by atoms with E-state index in [9.17, 15) is 9.59 Å². The van der Waals surface area contributed by atoms with Gasteiger partial charge in [0.25, 0.3) is 0 Å². The number of nitrogens with two attached hydrogens (primary N) is 1. The van der Waals surface area contributed by atoms with E-state index in [1.165, 1.54) is 0 Å². The average molecular weight is 473 g/mol. The van der Waals surface area contributed by atoms with Crippen LogP contribution in [0.25, 0.3) is 0 Å². The van der Waals surface area contributed by atoms with Gasteiger partial charge in [0, 0.05) is 31.7 Å². The Morgan fingerprint density at radius 3 is 2.69 bits per heavy atom. The number of benzene rings is 1. The fraction of sp³-hybridized carbons (Fsp3) is 0.500. The standard InChI is InChI=1S/C18H27N5O2.HI/c1-2-20-18(23-10-6-7-14(13-23)11-16(19)24)21-12-17(25)22-15-8-4-3-5-9-15;/h3-5,8-9,14H,2,6-7,10-13H2,1H3,(H2,19,24)(H,20,21)(H,22,25);1H. The van der Waals surface area contributed by atoms with Crippen LogP contribution in [0.2, 0.25) is 0 Å². The van der Waals surface area contributed by atoms with Gasteiger partial charge in [-0.05, 0) is 37.8 Å². The van der Waals surface area contributed by atoms with Crippen molar-refractivity contribution in [1.82, 2.24) is 10.2 Å². The second-order valence-electron chi connectivity index (χ2n) is 6.21. The van der Waals surface area contributed by atoms with Crippen LogP contribution in [0, 0.1) is 5.92 Å². The van der Waals surface area contributed by atoms with Gasteiger partial charge in [0.05, 0.1) is 0 Å². The van der Waals surface area contributed by atoms with Crippen LogP contribution in [-0.4, -0.2) is 48.9 Å². The molecule has 1 aliphatic heterocycles. The predicted octanol–water partition coefficient (Wildman–Crippen LogP) is 1.80. The van der Waals surface area contributed by atoms with E-state index in [0.717, 1.165) is 38.2 Å². The molecule has 4 N–H and O–H groups in total. The smallest absolute Gasteiger partial charge is 0.246 e. The molecule has 1 atom stereocenters. The first-order chi connectivity index (χ1) is 12.1.